The van der Waals surface area contributed by atoms with Crippen LogP contribution in [0, 0.1) is 0 Å². The Morgan fingerprint density at radius 1 is 1.05 bits per heavy atom. The summed E-state index contributed by atoms with van der Waals surface area (Å²) in [6.07, 6.45) is -4.46. The zero-order chi connectivity index (χ0) is 14.8. The number of carbonyl (C=O) groups is 1. The quantitative estimate of drug-likeness (QED) is 0.755. The predicted octanol–water partition coefficient (Wildman–Crippen LogP) is 4.88. The monoisotopic (exact) mass is 300 g/mol. The van der Waals surface area contributed by atoms with Crippen LogP contribution in [0.25, 0.3) is 0 Å². The minimum atomic E-state index is -4.46. The molecule has 104 valence electrons. The number of halogens is 4. The second kappa shape index (κ2) is 5.54. The zero-order valence-corrected chi connectivity index (χ0v) is 10.7. The van der Waals surface area contributed by atoms with Crippen LogP contribution in [0.5, 0.6) is 11.5 Å². The van der Waals surface area contributed by atoms with Crippen molar-refractivity contribution in [2.75, 3.05) is 0 Å². The van der Waals surface area contributed by atoms with E-state index in [-0.39, 0.29) is 17.1 Å². The van der Waals surface area contributed by atoms with Crippen molar-refractivity contribution in [3.8, 4) is 11.5 Å². The molecule has 0 aliphatic carbocycles. The van der Waals surface area contributed by atoms with Gasteiger partial charge in [0, 0.05) is 0 Å². The van der Waals surface area contributed by atoms with Crippen LogP contribution in [-0.4, -0.2) is 5.24 Å². The van der Waals surface area contributed by atoms with Gasteiger partial charge in [-0.1, -0.05) is 18.2 Å². The molecule has 0 heterocycles. The summed E-state index contributed by atoms with van der Waals surface area (Å²) in [6, 6.07) is 10.4. The van der Waals surface area contributed by atoms with E-state index in [2.05, 4.69) is 0 Å². The van der Waals surface area contributed by atoms with E-state index in [4.69, 9.17) is 16.3 Å². The lowest BCUT2D eigenvalue weighted by Crippen LogP contribution is -2.04. The van der Waals surface area contributed by atoms with Crippen molar-refractivity contribution in [3.05, 3.63) is 59.7 Å². The van der Waals surface area contributed by atoms with Gasteiger partial charge in [0.05, 0.1) is 11.1 Å². The molecular weight excluding hydrogens is 293 g/mol. The first-order valence-electron chi connectivity index (χ1n) is 5.52. The molecule has 0 spiro atoms. The number of alkyl halides is 3. The van der Waals surface area contributed by atoms with Gasteiger partial charge in [0.2, 0.25) is 0 Å². The summed E-state index contributed by atoms with van der Waals surface area (Å²) in [5.74, 6) is 0.0806. The van der Waals surface area contributed by atoms with Crippen molar-refractivity contribution in [2.24, 2.45) is 0 Å². The number of ether oxygens (including phenoxy) is 1. The number of rotatable bonds is 3. The van der Waals surface area contributed by atoms with E-state index in [0.717, 1.165) is 12.1 Å². The van der Waals surface area contributed by atoms with Gasteiger partial charge in [-0.25, -0.2) is 0 Å². The molecule has 0 radical (unpaired) electrons. The van der Waals surface area contributed by atoms with Crippen LogP contribution in [0.2, 0.25) is 0 Å². The number of hydrogen-bond acceptors (Lipinski definition) is 2. The van der Waals surface area contributed by atoms with E-state index < -0.39 is 17.0 Å². The van der Waals surface area contributed by atoms with Gasteiger partial charge in [0.25, 0.3) is 5.24 Å². The van der Waals surface area contributed by atoms with E-state index in [1.165, 1.54) is 24.3 Å². The van der Waals surface area contributed by atoms with Gasteiger partial charge in [-0.15, -0.1) is 0 Å². The molecule has 2 rings (SSSR count). The van der Waals surface area contributed by atoms with Crippen LogP contribution in [-0.2, 0) is 6.18 Å². The van der Waals surface area contributed by atoms with Gasteiger partial charge in [-0.2, -0.15) is 13.2 Å². The minimum absolute atomic E-state index is 0.0230. The second-order valence-electron chi connectivity index (χ2n) is 3.90. The highest BCUT2D eigenvalue weighted by Gasteiger charge is 2.30. The van der Waals surface area contributed by atoms with Gasteiger partial charge in [-0.05, 0) is 41.9 Å². The highest BCUT2D eigenvalue weighted by molar-refractivity contribution is 6.68. The van der Waals surface area contributed by atoms with E-state index >= 15 is 0 Å². The minimum Gasteiger partial charge on any atom is -0.457 e. The van der Waals surface area contributed by atoms with Crippen molar-refractivity contribution in [2.45, 2.75) is 6.18 Å². The Kier molecular flexibility index (Phi) is 3.99. The summed E-state index contributed by atoms with van der Waals surface area (Å²) in [4.78, 5) is 11.2. The van der Waals surface area contributed by atoms with Crippen LogP contribution in [0.15, 0.2) is 48.5 Å². The number of para-hydroxylation sites is 1. The molecule has 0 unspecified atom stereocenters. The first kappa shape index (κ1) is 14.4. The number of carbonyl (C=O) groups excluding carboxylic acids is 1. The smallest absolute Gasteiger partial charge is 0.416 e. The SMILES string of the molecule is O=C(Cl)c1ccccc1Oc1cccc(C(F)(F)F)c1. The molecule has 20 heavy (non-hydrogen) atoms. The molecule has 2 aromatic rings. The summed E-state index contributed by atoms with van der Waals surface area (Å²) < 4.78 is 43.1. The largest absolute Gasteiger partial charge is 0.457 e. The Balaban J connectivity index is 2.34. The van der Waals surface area contributed by atoms with Crippen molar-refractivity contribution >= 4 is 16.8 Å². The lowest BCUT2D eigenvalue weighted by atomic mass is 10.2. The standard InChI is InChI=1S/C14H8ClF3O2/c15-13(19)11-6-1-2-7-12(11)20-10-5-3-4-9(8-10)14(16,17)18/h1-8H. The van der Waals surface area contributed by atoms with Gasteiger partial charge in [0.15, 0.2) is 0 Å². The van der Waals surface area contributed by atoms with Gasteiger partial charge < -0.3 is 4.74 Å². The van der Waals surface area contributed by atoms with Gasteiger partial charge in [0.1, 0.15) is 11.5 Å². The van der Waals surface area contributed by atoms with Crippen LogP contribution in [0.3, 0.4) is 0 Å². The maximum absolute atomic E-state index is 12.6. The summed E-state index contributed by atoms with van der Waals surface area (Å²) in [6.45, 7) is 0. The number of benzene rings is 2. The lowest BCUT2D eigenvalue weighted by molar-refractivity contribution is -0.137. The molecule has 0 fully saturated rings. The number of hydrogen-bond donors (Lipinski definition) is 0. The van der Waals surface area contributed by atoms with Crippen LogP contribution >= 0.6 is 11.6 Å². The second-order valence-corrected chi connectivity index (χ2v) is 4.24. The Bertz CT molecular complexity index is 638. The van der Waals surface area contributed by atoms with Crippen molar-refractivity contribution in [1.82, 2.24) is 0 Å². The zero-order valence-electron chi connectivity index (χ0n) is 9.95. The van der Waals surface area contributed by atoms with E-state index in [1.807, 2.05) is 0 Å². The van der Waals surface area contributed by atoms with Crippen LogP contribution in [0.1, 0.15) is 15.9 Å². The average Bonchev–Trinajstić information content (AvgIpc) is 2.38. The lowest BCUT2D eigenvalue weighted by Gasteiger charge is -2.11. The highest BCUT2D eigenvalue weighted by Crippen LogP contribution is 2.33. The molecular formula is C14H8ClF3O2. The van der Waals surface area contributed by atoms with Crippen molar-refractivity contribution < 1.29 is 22.7 Å². The average molecular weight is 301 g/mol. The highest BCUT2D eigenvalue weighted by atomic mass is 35.5. The summed E-state index contributed by atoms with van der Waals surface area (Å²) in [7, 11) is 0. The molecule has 0 aliphatic rings. The molecule has 0 bridgehead atoms. The molecule has 0 amide bonds. The summed E-state index contributed by atoms with van der Waals surface area (Å²) >= 11 is 5.38. The normalized spacial score (nSPS) is 11.2. The maximum Gasteiger partial charge on any atom is 0.416 e. The Morgan fingerprint density at radius 2 is 1.75 bits per heavy atom. The van der Waals surface area contributed by atoms with E-state index in [1.54, 1.807) is 12.1 Å². The molecule has 2 aromatic carbocycles. The molecule has 0 saturated carbocycles. The molecule has 6 heteroatoms. The molecule has 0 aromatic heterocycles. The predicted molar refractivity (Wildman–Crippen MR) is 68.1 cm³/mol. The third-order valence-electron chi connectivity index (χ3n) is 2.49. The fourth-order valence-corrected chi connectivity index (χ4v) is 1.74. The van der Waals surface area contributed by atoms with E-state index in [9.17, 15) is 18.0 Å². The third kappa shape index (κ3) is 3.30. The summed E-state index contributed by atoms with van der Waals surface area (Å²) in [5.41, 5.74) is -0.740. The molecule has 0 aliphatic heterocycles. The van der Waals surface area contributed by atoms with Crippen molar-refractivity contribution in [3.63, 3.8) is 0 Å². The Morgan fingerprint density at radius 3 is 2.40 bits per heavy atom. The van der Waals surface area contributed by atoms with E-state index in [0.29, 0.717) is 0 Å². The fraction of sp³-hybridized carbons (Fsp3) is 0.0714. The summed E-state index contributed by atoms with van der Waals surface area (Å²) in [5, 5.41) is -0.743. The fourth-order valence-electron chi connectivity index (χ4n) is 1.58. The molecule has 2 nitrogen and oxygen atoms in total. The molecule has 0 atom stereocenters. The van der Waals surface area contributed by atoms with Crippen LogP contribution in [0.4, 0.5) is 13.2 Å². The topological polar surface area (TPSA) is 26.3 Å². The third-order valence-corrected chi connectivity index (χ3v) is 2.69. The maximum atomic E-state index is 12.6. The molecule has 0 saturated heterocycles. The van der Waals surface area contributed by atoms with Gasteiger partial charge >= 0.3 is 6.18 Å². The Labute approximate surface area is 117 Å². The first-order valence-corrected chi connectivity index (χ1v) is 5.89. The molecule has 0 N–H and O–H groups in total. The van der Waals surface area contributed by atoms with Crippen molar-refractivity contribution in [1.29, 1.82) is 0 Å². The van der Waals surface area contributed by atoms with Gasteiger partial charge in [-0.3, -0.25) is 4.79 Å². The first-order chi connectivity index (χ1) is 9.38. The van der Waals surface area contributed by atoms with Crippen LogP contribution < -0.4 is 4.74 Å². The Hall–Kier alpha value is -2.01.